The van der Waals surface area contributed by atoms with Crippen molar-refractivity contribution in [1.29, 1.82) is 0 Å². The van der Waals surface area contributed by atoms with E-state index in [2.05, 4.69) is 26.5 Å². The maximum Gasteiger partial charge on any atom is 0.240 e. The number of H-pyrrole nitrogens is 1. The minimum absolute atomic E-state index is 0.0815. The van der Waals surface area contributed by atoms with Crippen LogP contribution in [-0.2, 0) is 11.3 Å². The van der Waals surface area contributed by atoms with Gasteiger partial charge in [0.15, 0.2) is 10.6 Å². The number of nitrogens with one attached hydrogen (secondary N) is 2. The number of amides is 1. The van der Waals surface area contributed by atoms with Gasteiger partial charge in [-0.2, -0.15) is 5.10 Å². The minimum Gasteiger partial charge on any atom is -0.497 e. The summed E-state index contributed by atoms with van der Waals surface area (Å²) >= 11 is 11.4. The van der Waals surface area contributed by atoms with E-state index in [9.17, 15) is 4.79 Å². The van der Waals surface area contributed by atoms with Crippen molar-refractivity contribution >= 4 is 29.7 Å². The number of likely N-dealkylation sites (tertiary alicyclic amines) is 1. The maximum absolute atomic E-state index is 12.9. The highest BCUT2D eigenvalue weighted by atomic mass is 35.5. The average Bonchev–Trinajstić information content (AvgIpc) is 3.46. The molecule has 0 bridgehead atoms. The molecule has 3 aromatic rings. The largest absolute Gasteiger partial charge is 0.497 e. The fraction of sp³-hybridized carbons (Fsp3) is 0.348. The number of hydrogen-bond donors (Lipinski definition) is 2. The Bertz CT molecular complexity index is 1120. The standard InChI is InChI=1S/C23H26ClN5O2S/c1-31-19-6-4-5-17(13-19)20(28-11-2-3-12-28)14-25-21(30)15-29-22(26-27-23(29)32)16-7-9-18(24)10-8-16/h4-10,13,20H,2-3,11-12,14-15H2,1H3,(H,25,30)(H,27,32). The van der Waals surface area contributed by atoms with E-state index in [4.69, 9.17) is 28.6 Å². The predicted octanol–water partition coefficient (Wildman–Crippen LogP) is 4.22. The van der Waals surface area contributed by atoms with Crippen LogP contribution in [0.2, 0.25) is 5.02 Å². The topological polar surface area (TPSA) is 75.2 Å². The monoisotopic (exact) mass is 471 g/mol. The van der Waals surface area contributed by atoms with E-state index in [1.807, 2.05) is 30.3 Å². The second-order valence-electron chi connectivity index (χ2n) is 7.78. The first-order valence-electron chi connectivity index (χ1n) is 10.6. The first kappa shape index (κ1) is 22.5. The Balaban J connectivity index is 1.48. The predicted molar refractivity (Wildman–Crippen MR) is 127 cm³/mol. The third-order valence-corrected chi connectivity index (χ3v) is 6.28. The zero-order valence-corrected chi connectivity index (χ0v) is 19.5. The Labute approximate surface area is 197 Å². The number of methoxy groups -OCH3 is 1. The summed E-state index contributed by atoms with van der Waals surface area (Å²) in [5.74, 6) is 1.30. The SMILES string of the molecule is COc1cccc(C(CNC(=O)Cn2c(-c3ccc(Cl)cc3)n[nH]c2=S)N2CCCC2)c1. The molecule has 1 amide bonds. The van der Waals surface area contributed by atoms with E-state index in [0.29, 0.717) is 22.2 Å². The summed E-state index contributed by atoms with van der Waals surface area (Å²) in [5.41, 5.74) is 1.97. The number of carbonyl (C=O) groups excluding carboxylic acids is 1. The number of carbonyl (C=O) groups is 1. The van der Waals surface area contributed by atoms with Crippen molar-refractivity contribution in [3.05, 3.63) is 63.9 Å². The lowest BCUT2D eigenvalue weighted by Crippen LogP contribution is -2.38. The fourth-order valence-electron chi connectivity index (χ4n) is 4.05. The molecule has 2 aromatic carbocycles. The highest BCUT2D eigenvalue weighted by Gasteiger charge is 2.24. The smallest absolute Gasteiger partial charge is 0.240 e. The molecule has 1 aliphatic heterocycles. The molecule has 1 fully saturated rings. The summed E-state index contributed by atoms with van der Waals surface area (Å²) in [4.78, 5) is 15.3. The van der Waals surface area contributed by atoms with E-state index in [-0.39, 0.29) is 18.5 Å². The lowest BCUT2D eigenvalue weighted by Gasteiger charge is -2.28. The van der Waals surface area contributed by atoms with Gasteiger partial charge in [0.2, 0.25) is 5.91 Å². The molecular weight excluding hydrogens is 446 g/mol. The van der Waals surface area contributed by atoms with Crippen LogP contribution in [-0.4, -0.2) is 52.3 Å². The van der Waals surface area contributed by atoms with Gasteiger partial charge in [0.25, 0.3) is 0 Å². The third kappa shape index (κ3) is 5.20. The quantitative estimate of drug-likeness (QED) is 0.481. The van der Waals surface area contributed by atoms with Gasteiger partial charge in [-0.25, -0.2) is 0 Å². The van der Waals surface area contributed by atoms with Crippen LogP contribution >= 0.6 is 23.8 Å². The summed E-state index contributed by atoms with van der Waals surface area (Å²) in [7, 11) is 1.67. The van der Waals surface area contributed by atoms with Crippen LogP contribution in [0.1, 0.15) is 24.4 Å². The van der Waals surface area contributed by atoms with Crippen molar-refractivity contribution in [3.8, 4) is 17.1 Å². The maximum atomic E-state index is 12.9. The number of hydrogen-bond acceptors (Lipinski definition) is 5. The van der Waals surface area contributed by atoms with E-state index in [1.165, 1.54) is 12.8 Å². The Hall–Kier alpha value is -2.68. The van der Waals surface area contributed by atoms with Crippen molar-refractivity contribution in [2.45, 2.75) is 25.4 Å². The van der Waals surface area contributed by atoms with E-state index in [0.717, 1.165) is 30.0 Å². The summed E-state index contributed by atoms with van der Waals surface area (Å²) in [6, 6.07) is 15.4. The Morgan fingerprint density at radius 3 is 2.72 bits per heavy atom. The minimum atomic E-state index is -0.121. The first-order valence-corrected chi connectivity index (χ1v) is 11.4. The van der Waals surface area contributed by atoms with Crippen LogP contribution in [0.15, 0.2) is 48.5 Å². The highest BCUT2D eigenvalue weighted by Crippen LogP contribution is 2.27. The second-order valence-corrected chi connectivity index (χ2v) is 8.61. The van der Waals surface area contributed by atoms with Crippen LogP contribution in [0, 0.1) is 4.77 Å². The lowest BCUT2D eigenvalue weighted by atomic mass is 10.0. The van der Waals surface area contributed by atoms with Gasteiger partial charge in [-0.1, -0.05) is 23.7 Å². The summed E-state index contributed by atoms with van der Waals surface area (Å²) in [6.07, 6.45) is 2.34. The molecule has 32 heavy (non-hydrogen) atoms. The second kappa shape index (κ2) is 10.3. The molecule has 0 radical (unpaired) electrons. The molecule has 4 rings (SSSR count). The summed E-state index contributed by atoms with van der Waals surface area (Å²) in [6.45, 7) is 2.63. The summed E-state index contributed by atoms with van der Waals surface area (Å²) < 4.78 is 7.50. The molecule has 0 aliphatic carbocycles. The van der Waals surface area contributed by atoms with Gasteiger partial charge >= 0.3 is 0 Å². The number of rotatable bonds is 8. The van der Waals surface area contributed by atoms with Crippen molar-refractivity contribution in [2.75, 3.05) is 26.7 Å². The molecule has 1 atom stereocenters. The molecule has 1 aliphatic rings. The first-order chi connectivity index (χ1) is 15.5. The number of aromatic nitrogens is 3. The molecule has 9 heteroatoms. The van der Waals surface area contributed by atoms with Gasteiger partial charge in [0, 0.05) is 17.1 Å². The number of aromatic amines is 1. The Morgan fingerprint density at radius 1 is 1.25 bits per heavy atom. The van der Waals surface area contributed by atoms with Crippen LogP contribution < -0.4 is 10.1 Å². The van der Waals surface area contributed by atoms with Crippen LogP contribution in [0.4, 0.5) is 0 Å². The van der Waals surface area contributed by atoms with Gasteiger partial charge in [0.1, 0.15) is 12.3 Å². The number of ether oxygens (including phenoxy) is 1. The van der Waals surface area contributed by atoms with Crippen molar-refractivity contribution in [2.24, 2.45) is 0 Å². The van der Waals surface area contributed by atoms with Crippen LogP contribution in [0.5, 0.6) is 5.75 Å². The molecular formula is C23H26ClN5O2S. The van der Waals surface area contributed by atoms with Crippen LogP contribution in [0.3, 0.4) is 0 Å². The summed E-state index contributed by atoms with van der Waals surface area (Å²) in [5, 5.41) is 10.8. The van der Waals surface area contributed by atoms with E-state index in [1.54, 1.807) is 23.8 Å². The lowest BCUT2D eigenvalue weighted by molar-refractivity contribution is -0.121. The molecule has 1 unspecified atom stereocenters. The number of halogens is 1. The van der Waals surface area contributed by atoms with Crippen molar-refractivity contribution < 1.29 is 9.53 Å². The molecule has 0 spiro atoms. The average molecular weight is 472 g/mol. The molecule has 2 N–H and O–H groups in total. The highest BCUT2D eigenvalue weighted by molar-refractivity contribution is 7.71. The molecule has 7 nitrogen and oxygen atoms in total. The van der Waals surface area contributed by atoms with E-state index < -0.39 is 0 Å². The molecule has 2 heterocycles. The third-order valence-electron chi connectivity index (χ3n) is 5.71. The van der Waals surface area contributed by atoms with Crippen molar-refractivity contribution in [3.63, 3.8) is 0 Å². The van der Waals surface area contributed by atoms with Gasteiger partial charge in [-0.15, -0.1) is 0 Å². The fourth-order valence-corrected chi connectivity index (χ4v) is 4.38. The molecule has 0 saturated carbocycles. The number of benzene rings is 2. The normalized spacial score (nSPS) is 14.9. The zero-order chi connectivity index (χ0) is 22.5. The molecule has 1 aromatic heterocycles. The van der Waals surface area contributed by atoms with Gasteiger partial charge in [-0.3, -0.25) is 19.4 Å². The Kier molecular flexibility index (Phi) is 7.24. The van der Waals surface area contributed by atoms with Gasteiger partial charge < -0.3 is 10.1 Å². The van der Waals surface area contributed by atoms with Crippen molar-refractivity contribution in [1.82, 2.24) is 25.0 Å². The van der Waals surface area contributed by atoms with Gasteiger partial charge in [0.05, 0.1) is 13.2 Å². The number of nitrogens with zero attached hydrogens (tertiary/aromatic N) is 3. The molecule has 168 valence electrons. The van der Waals surface area contributed by atoms with E-state index >= 15 is 0 Å². The zero-order valence-electron chi connectivity index (χ0n) is 17.9. The van der Waals surface area contributed by atoms with Crippen LogP contribution in [0.25, 0.3) is 11.4 Å². The van der Waals surface area contributed by atoms with Gasteiger partial charge in [-0.05, 0) is 80.1 Å². The molecule has 1 saturated heterocycles. The Morgan fingerprint density at radius 2 is 2.00 bits per heavy atom.